The summed E-state index contributed by atoms with van der Waals surface area (Å²) in [7, 11) is 0. The van der Waals surface area contributed by atoms with Crippen LogP contribution in [0, 0.1) is 0 Å². The molecule has 0 saturated carbocycles. The van der Waals surface area contributed by atoms with Crippen molar-refractivity contribution in [3.63, 3.8) is 0 Å². The summed E-state index contributed by atoms with van der Waals surface area (Å²) in [5.74, 6) is -1.08. The van der Waals surface area contributed by atoms with Crippen molar-refractivity contribution in [3.8, 4) is 0 Å². The van der Waals surface area contributed by atoms with Crippen molar-refractivity contribution in [1.82, 2.24) is 9.80 Å². The van der Waals surface area contributed by atoms with Crippen LogP contribution in [0.25, 0.3) is 0 Å². The monoisotopic (exact) mass is 388 g/mol. The SMILES string of the molecule is C=CC(=O)N(CCCN(C(=O)C=C)C(CO)(CO)CO)C(CC)(CO)CO. The highest BCUT2D eigenvalue weighted by molar-refractivity contribution is 5.88. The van der Waals surface area contributed by atoms with Gasteiger partial charge in [-0.2, -0.15) is 0 Å². The number of nitrogens with zero attached hydrogens (tertiary/aromatic N) is 2. The minimum atomic E-state index is -1.58. The molecule has 0 bridgehead atoms. The Bertz CT molecular complexity index is 441. The topological polar surface area (TPSA) is 142 Å². The van der Waals surface area contributed by atoms with E-state index >= 15 is 0 Å². The molecular weight excluding hydrogens is 356 g/mol. The molecule has 0 radical (unpaired) electrons. The fourth-order valence-corrected chi connectivity index (χ4v) is 2.81. The molecule has 0 aromatic heterocycles. The molecule has 156 valence electrons. The largest absolute Gasteiger partial charge is 0.394 e. The lowest BCUT2D eigenvalue weighted by Gasteiger charge is -2.42. The zero-order valence-corrected chi connectivity index (χ0v) is 15.9. The number of hydrogen-bond acceptors (Lipinski definition) is 7. The van der Waals surface area contributed by atoms with Crippen LogP contribution < -0.4 is 0 Å². The Morgan fingerprint density at radius 1 is 0.778 bits per heavy atom. The molecule has 5 N–H and O–H groups in total. The van der Waals surface area contributed by atoms with E-state index in [1.165, 1.54) is 4.90 Å². The predicted molar refractivity (Wildman–Crippen MR) is 99.6 cm³/mol. The van der Waals surface area contributed by atoms with Crippen LogP contribution in [0.15, 0.2) is 25.3 Å². The zero-order chi connectivity index (χ0) is 21.1. The van der Waals surface area contributed by atoms with Crippen molar-refractivity contribution in [1.29, 1.82) is 0 Å². The molecule has 0 aromatic carbocycles. The Hall–Kier alpha value is -1.78. The molecular formula is C18H32N2O7. The fraction of sp³-hybridized carbons (Fsp3) is 0.667. The second kappa shape index (κ2) is 11.8. The average Bonchev–Trinajstić information content (AvgIpc) is 2.72. The molecule has 0 saturated heterocycles. The maximum absolute atomic E-state index is 12.2. The van der Waals surface area contributed by atoms with Crippen molar-refractivity contribution in [3.05, 3.63) is 25.3 Å². The maximum atomic E-state index is 12.2. The van der Waals surface area contributed by atoms with Crippen LogP contribution in [0.2, 0.25) is 0 Å². The fourth-order valence-electron chi connectivity index (χ4n) is 2.81. The lowest BCUT2D eigenvalue weighted by molar-refractivity contribution is -0.141. The molecule has 0 aliphatic heterocycles. The minimum Gasteiger partial charge on any atom is -0.394 e. The zero-order valence-electron chi connectivity index (χ0n) is 15.9. The number of carbonyl (C=O) groups is 2. The van der Waals surface area contributed by atoms with E-state index in [1.807, 2.05) is 0 Å². The molecule has 0 aliphatic rings. The summed E-state index contributed by atoms with van der Waals surface area (Å²) < 4.78 is 0. The molecule has 0 unspecified atom stereocenters. The maximum Gasteiger partial charge on any atom is 0.246 e. The molecule has 0 heterocycles. The standard InChI is InChI=1S/C18H32N2O7/c1-4-15(26)19(17(6-3,10-21)11-22)8-7-9-20(16(27)5-2)18(12-23,13-24)14-25/h4-5,21-25H,1-2,6-14H2,3H3. The summed E-state index contributed by atoms with van der Waals surface area (Å²) >= 11 is 0. The first-order chi connectivity index (χ1) is 12.8. The second-order valence-corrected chi connectivity index (χ2v) is 6.33. The van der Waals surface area contributed by atoms with Gasteiger partial charge in [0.15, 0.2) is 0 Å². The van der Waals surface area contributed by atoms with E-state index < -0.39 is 55.9 Å². The summed E-state index contributed by atoms with van der Waals surface area (Å²) in [6.07, 6.45) is 2.56. The Morgan fingerprint density at radius 3 is 1.37 bits per heavy atom. The normalized spacial score (nSPS) is 11.8. The van der Waals surface area contributed by atoms with Crippen LogP contribution in [0.5, 0.6) is 0 Å². The van der Waals surface area contributed by atoms with E-state index in [9.17, 15) is 35.1 Å². The number of aliphatic hydroxyl groups excluding tert-OH is 5. The van der Waals surface area contributed by atoms with Gasteiger partial charge in [0.25, 0.3) is 0 Å². The molecule has 27 heavy (non-hydrogen) atoms. The first-order valence-corrected chi connectivity index (χ1v) is 8.74. The van der Waals surface area contributed by atoms with Gasteiger partial charge in [-0.3, -0.25) is 9.59 Å². The Kier molecular flexibility index (Phi) is 11.1. The first-order valence-electron chi connectivity index (χ1n) is 8.74. The minimum absolute atomic E-state index is 0.00981. The Labute approximate surface area is 159 Å². The molecule has 0 fully saturated rings. The van der Waals surface area contributed by atoms with Crippen molar-refractivity contribution in [2.75, 3.05) is 46.1 Å². The van der Waals surface area contributed by atoms with Gasteiger partial charge in [-0.1, -0.05) is 20.1 Å². The Morgan fingerprint density at radius 2 is 1.11 bits per heavy atom. The first kappa shape index (κ1) is 25.2. The van der Waals surface area contributed by atoms with Crippen molar-refractivity contribution < 1.29 is 35.1 Å². The van der Waals surface area contributed by atoms with E-state index in [4.69, 9.17) is 0 Å². The highest BCUT2D eigenvalue weighted by Gasteiger charge is 2.39. The number of aliphatic hydroxyl groups is 5. The van der Waals surface area contributed by atoms with Crippen LogP contribution in [0.3, 0.4) is 0 Å². The molecule has 0 aliphatic carbocycles. The lowest BCUT2D eigenvalue weighted by Crippen LogP contribution is -2.60. The number of carbonyl (C=O) groups excluding carboxylic acids is 2. The third-order valence-corrected chi connectivity index (χ3v) is 4.92. The van der Waals surface area contributed by atoms with E-state index in [-0.39, 0.29) is 19.5 Å². The van der Waals surface area contributed by atoms with Crippen molar-refractivity contribution >= 4 is 11.8 Å². The van der Waals surface area contributed by atoms with E-state index in [0.717, 1.165) is 17.1 Å². The van der Waals surface area contributed by atoms with Gasteiger partial charge in [0.1, 0.15) is 5.54 Å². The highest BCUT2D eigenvalue weighted by Crippen LogP contribution is 2.21. The summed E-state index contributed by atoms with van der Waals surface area (Å²) in [6.45, 7) is 5.68. The molecule has 9 nitrogen and oxygen atoms in total. The summed E-state index contributed by atoms with van der Waals surface area (Å²) in [6, 6.07) is 0. The van der Waals surface area contributed by atoms with Gasteiger partial charge < -0.3 is 35.3 Å². The molecule has 0 aromatic rings. The molecule has 0 spiro atoms. The number of hydrogen-bond donors (Lipinski definition) is 5. The van der Waals surface area contributed by atoms with Crippen LogP contribution in [-0.2, 0) is 9.59 Å². The van der Waals surface area contributed by atoms with Crippen LogP contribution in [0.1, 0.15) is 19.8 Å². The van der Waals surface area contributed by atoms with E-state index in [0.29, 0.717) is 6.42 Å². The lowest BCUT2D eigenvalue weighted by atomic mass is 9.94. The highest BCUT2D eigenvalue weighted by atomic mass is 16.3. The van der Waals surface area contributed by atoms with E-state index in [1.54, 1.807) is 6.92 Å². The molecule has 2 amide bonds. The van der Waals surface area contributed by atoms with Crippen LogP contribution in [-0.4, -0.2) is 104 Å². The Balaban J connectivity index is 5.51. The van der Waals surface area contributed by atoms with Gasteiger partial charge in [-0.05, 0) is 25.0 Å². The molecule has 9 heteroatoms. The van der Waals surface area contributed by atoms with E-state index in [2.05, 4.69) is 13.2 Å². The summed E-state index contributed by atoms with van der Waals surface area (Å²) in [4.78, 5) is 26.8. The quantitative estimate of drug-likeness (QED) is 0.222. The second-order valence-electron chi connectivity index (χ2n) is 6.33. The van der Waals surface area contributed by atoms with Gasteiger partial charge in [0.2, 0.25) is 11.8 Å². The average molecular weight is 388 g/mol. The third-order valence-electron chi connectivity index (χ3n) is 4.92. The molecule has 0 rings (SSSR count). The smallest absolute Gasteiger partial charge is 0.246 e. The number of rotatable bonds is 14. The van der Waals surface area contributed by atoms with Gasteiger partial charge in [0.05, 0.1) is 38.6 Å². The third kappa shape index (κ3) is 5.60. The summed E-state index contributed by atoms with van der Waals surface area (Å²) in [5.41, 5.74) is -2.76. The van der Waals surface area contributed by atoms with Gasteiger partial charge in [-0.15, -0.1) is 0 Å². The van der Waals surface area contributed by atoms with Crippen LogP contribution in [0.4, 0.5) is 0 Å². The predicted octanol–water partition coefficient (Wildman–Crippen LogP) is -1.75. The number of amides is 2. The van der Waals surface area contributed by atoms with Gasteiger partial charge in [0, 0.05) is 13.1 Å². The van der Waals surface area contributed by atoms with Crippen molar-refractivity contribution in [2.24, 2.45) is 0 Å². The molecule has 0 atom stereocenters. The summed E-state index contributed by atoms with van der Waals surface area (Å²) in [5, 5.41) is 48.1. The van der Waals surface area contributed by atoms with Crippen molar-refractivity contribution in [2.45, 2.75) is 30.8 Å². The van der Waals surface area contributed by atoms with Gasteiger partial charge in [-0.25, -0.2) is 0 Å². The van der Waals surface area contributed by atoms with Gasteiger partial charge >= 0.3 is 0 Å². The van der Waals surface area contributed by atoms with Crippen LogP contribution >= 0.6 is 0 Å².